The van der Waals surface area contributed by atoms with Gasteiger partial charge in [0.1, 0.15) is 17.2 Å². The largest absolute Gasteiger partial charge is 0.459 e. The van der Waals surface area contributed by atoms with Gasteiger partial charge in [0.25, 0.3) is 5.91 Å². The van der Waals surface area contributed by atoms with E-state index < -0.39 is 0 Å². The molecule has 0 saturated carbocycles. The number of carbonyl (C=O) groups is 2. The summed E-state index contributed by atoms with van der Waals surface area (Å²) in [5.74, 6) is 0.143. The fourth-order valence-electron chi connectivity index (χ4n) is 3.81. The van der Waals surface area contributed by atoms with Crippen molar-refractivity contribution in [3.63, 3.8) is 0 Å². The lowest BCUT2D eigenvalue weighted by Crippen LogP contribution is -2.42. The van der Waals surface area contributed by atoms with Crippen molar-refractivity contribution in [3.05, 3.63) is 70.2 Å². The third-order valence-corrected chi connectivity index (χ3v) is 5.90. The van der Waals surface area contributed by atoms with Crippen molar-refractivity contribution in [2.24, 2.45) is 0 Å². The highest BCUT2D eigenvalue weighted by Gasteiger charge is 2.24. The quantitative estimate of drug-likeness (QED) is 0.643. The van der Waals surface area contributed by atoms with Gasteiger partial charge in [-0.25, -0.2) is 9.18 Å². The van der Waals surface area contributed by atoms with Crippen LogP contribution in [0, 0.1) is 12.7 Å². The fourth-order valence-corrected chi connectivity index (χ4v) is 4.03. The first-order valence-electron chi connectivity index (χ1n) is 10.2. The van der Waals surface area contributed by atoms with E-state index in [2.05, 4.69) is 5.32 Å². The molecule has 1 aliphatic heterocycles. The van der Waals surface area contributed by atoms with Crippen LogP contribution < -0.4 is 5.32 Å². The van der Waals surface area contributed by atoms with Crippen LogP contribution in [-0.2, 0) is 6.54 Å². The molecule has 1 aliphatic rings. The number of aryl methyl sites for hydroxylation is 1. The maximum atomic E-state index is 13.5. The summed E-state index contributed by atoms with van der Waals surface area (Å²) in [5, 5.41) is 4.00. The number of fused-ring (bicyclic) bond motifs is 1. The smallest absolute Gasteiger partial charge is 0.317 e. The highest BCUT2D eigenvalue weighted by atomic mass is 35.5. The van der Waals surface area contributed by atoms with Gasteiger partial charge in [-0.1, -0.05) is 23.7 Å². The second-order valence-corrected chi connectivity index (χ2v) is 7.97. The number of furan rings is 1. The summed E-state index contributed by atoms with van der Waals surface area (Å²) >= 11 is 6.16. The molecule has 2 heterocycles. The van der Waals surface area contributed by atoms with Crippen molar-refractivity contribution in [3.8, 4) is 0 Å². The summed E-state index contributed by atoms with van der Waals surface area (Å²) < 4.78 is 19.2. The lowest BCUT2D eigenvalue weighted by Gasteiger charge is -2.22. The molecule has 0 unspecified atom stereocenters. The standard InChI is InChI=1S/C23H23ClFN3O3/c1-15-18-13-16(25)7-8-20(18)31-21(15)14-26-23(30)28-10-4-9-27(11-12-28)22(29)17-5-2-3-6-19(17)24/h2-3,5-8,13H,4,9-12,14H2,1H3,(H,26,30). The monoisotopic (exact) mass is 443 g/mol. The van der Waals surface area contributed by atoms with E-state index in [1.165, 1.54) is 12.1 Å². The Kier molecular flexibility index (Phi) is 6.13. The summed E-state index contributed by atoms with van der Waals surface area (Å²) in [6.07, 6.45) is 0.673. The zero-order valence-corrected chi connectivity index (χ0v) is 17.9. The van der Waals surface area contributed by atoms with Crippen LogP contribution in [0.1, 0.15) is 28.1 Å². The van der Waals surface area contributed by atoms with E-state index in [1.807, 2.05) is 6.92 Å². The maximum Gasteiger partial charge on any atom is 0.317 e. The van der Waals surface area contributed by atoms with Gasteiger partial charge < -0.3 is 19.5 Å². The Morgan fingerprint density at radius 2 is 1.84 bits per heavy atom. The van der Waals surface area contributed by atoms with E-state index in [4.69, 9.17) is 16.0 Å². The average molecular weight is 444 g/mol. The van der Waals surface area contributed by atoms with Gasteiger partial charge in [-0.15, -0.1) is 0 Å². The fraction of sp³-hybridized carbons (Fsp3) is 0.304. The highest BCUT2D eigenvalue weighted by Crippen LogP contribution is 2.26. The molecule has 1 N–H and O–H groups in total. The van der Waals surface area contributed by atoms with Crippen molar-refractivity contribution < 1.29 is 18.4 Å². The van der Waals surface area contributed by atoms with Crippen LogP contribution in [0.4, 0.5) is 9.18 Å². The summed E-state index contributed by atoms with van der Waals surface area (Å²) in [4.78, 5) is 28.9. The lowest BCUT2D eigenvalue weighted by atomic mass is 10.1. The molecular weight excluding hydrogens is 421 g/mol. The minimum Gasteiger partial charge on any atom is -0.459 e. The first-order valence-corrected chi connectivity index (χ1v) is 10.6. The molecule has 0 spiro atoms. The van der Waals surface area contributed by atoms with Crippen molar-refractivity contribution in [1.29, 1.82) is 0 Å². The number of amides is 3. The number of urea groups is 1. The Bertz CT molecular complexity index is 1130. The van der Waals surface area contributed by atoms with Gasteiger partial charge in [0.05, 0.1) is 17.1 Å². The van der Waals surface area contributed by atoms with Crippen LogP contribution in [0.3, 0.4) is 0 Å². The molecule has 6 nitrogen and oxygen atoms in total. The van der Waals surface area contributed by atoms with Gasteiger partial charge in [-0.3, -0.25) is 4.79 Å². The normalized spacial score (nSPS) is 14.5. The van der Waals surface area contributed by atoms with Gasteiger partial charge in [0.15, 0.2) is 0 Å². The molecule has 0 bridgehead atoms. The number of hydrogen-bond acceptors (Lipinski definition) is 3. The molecule has 31 heavy (non-hydrogen) atoms. The third kappa shape index (κ3) is 4.51. The van der Waals surface area contributed by atoms with E-state index in [-0.39, 0.29) is 24.3 Å². The number of nitrogens with one attached hydrogen (secondary N) is 1. The molecule has 8 heteroatoms. The van der Waals surface area contributed by atoms with E-state index >= 15 is 0 Å². The molecule has 3 aromatic rings. The van der Waals surface area contributed by atoms with Crippen LogP contribution in [0.2, 0.25) is 5.02 Å². The molecule has 4 rings (SSSR count). The molecule has 162 valence electrons. The number of carbonyl (C=O) groups excluding carboxylic acids is 2. The number of benzene rings is 2. The van der Waals surface area contributed by atoms with E-state index in [1.54, 1.807) is 40.1 Å². The first-order chi connectivity index (χ1) is 14.9. The van der Waals surface area contributed by atoms with Crippen LogP contribution in [-0.4, -0.2) is 47.9 Å². The van der Waals surface area contributed by atoms with Gasteiger partial charge in [0.2, 0.25) is 0 Å². The third-order valence-electron chi connectivity index (χ3n) is 5.57. The molecule has 3 amide bonds. The molecule has 0 radical (unpaired) electrons. The molecule has 2 aromatic carbocycles. The highest BCUT2D eigenvalue weighted by molar-refractivity contribution is 6.33. The molecule has 1 fully saturated rings. The van der Waals surface area contributed by atoms with Crippen LogP contribution in [0.15, 0.2) is 46.9 Å². The Labute approximate surface area is 184 Å². The minimum atomic E-state index is -0.326. The maximum absolute atomic E-state index is 13.5. The lowest BCUT2D eigenvalue weighted by molar-refractivity contribution is 0.0762. The molecule has 1 aromatic heterocycles. The minimum absolute atomic E-state index is 0.127. The zero-order valence-electron chi connectivity index (χ0n) is 17.2. The topological polar surface area (TPSA) is 65.8 Å². The molecule has 1 saturated heterocycles. The Hall–Kier alpha value is -3.06. The number of nitrogens with zero attached hydrogens (tertiary/aromatic N) is 2. The van der Waals surface area contributed by atoms with E-state index in [0.717, 1.165) is 5.56 Å². The van der Waals surface area contributed by atoms with Crippen molar-refractivity contribution in [2.45, 2.75) is 19.9 Å². The van der Waals surface area contributed by atoms with E-state index in [9.17, 15) is 14.0 Å². The molecule has 0 atom stereocenters. The zero-order chi connectivity index (χ0) is 22.0. The summed E-state index contributed by atoms with van der Waals surface area (Å²) in [7, 11) is 0. The Balaban J connectivity index is 1.36. The predicted molar refractivity (Wildman–Crippen MR) is 117 cm³/mol. The van der Waals surface area contributed by atoms with Crippen molar-refractivity contribution >= 4 is 34.5 Å². The van der Waals surface area contributed by atoms with Crippen molar-refractivity contribution in [2.75, 3.05) is 26.2 Å². The Morgan fingerprint density at radius 3 is 2.65 bits per heavy atom. The van der Waals surface area contributed by atoms with Crippen LogP contribution in [0.25, 0.3) is 11.0 Å². The second-order valence-electron chi connectivity index (χ2n) is 7.56. The van der Waals surface area contributed by atoms with Gasteiger partial charge >= 0.3 is 6.03 Å². The average Bonchev–Trinajstić information content (AvgIpc) is 2.93. The summed E-state index contributed by atoms with van der Waals surface area (Å²) in [6.45, 7) is 4.01. The van der Waals surface area contributed by atoms with Gasteiger partial charge in [-0.2, -0.15) is 0 Å². The molecular formula is C23H23ClFN3O3. The van der Waals surface area contributed by atoms with E-state index in [0.29, 0.717) is 59.9 Å². The van der Waals surface area contributed by atoms with Crippen LogP contribution >= 0.6 is 11.6 Å². The van der Waals surface area contributed by atoms with Crippen LogP contribution in [0.5, 0.6) is 0 Å². The number of hydrogen-bond donors (Lipinski definition) is 1. The predicted octanol–water partition coefficient (Wildman–Crippen LogP) is 4.59. The molecule has 0 aliphatic carbocycles. The van der Waals surface area contributed by atoms with Gasteiger partial charge in [-0.05, 0) is 43.7 Å². The number of halogens is 2. The second kappa shape index (κ2) is 8.98. The summed E-state index contributed by atoms with van der Waals surface area (Å²) in [6, 6.07) is 11.1. The number of rotatable bonds is 3. The van der Waals surface area contributed by atoms with Gasteiger partial charge in [0, 0.05) is 37.1 Å². The SMILES string of the molecule is Cc1c(CNC(=O)N2CCCN(C(=O)c3ccccc3Cl)CC2)oc2ccc(F)cc12. The van der Waals surface area contributed by atoms with Crippen molar-refractivity contribution in [1.82, 2.24) is 15.1 Å². The summed E-state index contributed by atoms with van der Waals surface area (Å²) in [5.41, 5.74) is 1.87. The Morgan fingerprint density at radius 1 is 1.10 bits per heavy atom. The first kappa shape index (κ1) is 21.2.